The normalized spacial score (nSPS) is 26.5. The molecule has 1 aliphatic heterocycles. The molecule has 1 atom stereocenters. The van der Waals surface area contributed by atoms with E-state index in [2.05, 4.69) is 10.6 Å². The second kappa shape index (κ2) is 5.03. The van der Waals surface area contributed by atoms with Gasteiger partial charge in [-0.05, 0) is 26.3 Å². The molecule has 1 aliphatic rings. The third kappa shape index (κ3) is 4.00. The summed E-state index contributed by atoms with van der Waals surface area (Å²) in [6.45, 7) is 2.84. The van der Waals surface area contributed by atoms with Crippen LogP contribution in [0.15, 0.2) is 0 Å². The summed E-state index contributed by atoms with van der Waals surface area (Å²) in [6, 6.07) is 0. The Kier molecular flexibility index (Phi) is 4.18. The lowest BCUT2D eigenvalue weighted by molar-refractivity contribution is -0.138. The van der Waals surface area contributed by atoms with E-state index in [1.807, 2.05) is 0 Å². The summed E-state index contributed by atoms with van der Waals surface area (Å²) in [6.07, 6.45) is -3.58. The molecule has 0 aromatic rings. The molecule has 1 rings (SSSR count). The van der Waals surface area contributed by atoms with Gasteiger partial charge in [-0.15, -0.1) is 0 Å². The van der Waals surface area contributed by atoms with Crippen LogP contribution in [0.1, 0.15) is 26.2 Å². The Bertz CT molecular complexity index is 247. The summed E-state index contributed by atoms with van der Waals surface area (Å²) >= 11 is 0. The molecule has 0 aliphatic carbocycles. The summed E-state index contributed by atoms with van der Waals surface area (Å²) in [7, 11) is 0. The van der Waals surface area contributed by atoms with Crippen molar-refractivity contribution in [1.29, 1.82) is 0 Å². The molecule has 1 heterocycles. The van der Waals surface area contributed by atoms with E-state index in [0.717, 1.165) is 19.4 Å². The summed E-state index contributed by atoms with van der Waals surface area (Å²) in [5.41, 5.74) is -0.566. The maximum Gasteiger partial charge on any atom is 0.390 e. The van der Waals surface area contributed by atoms with Crippen molar-refractivity contribution in [3.8, 4) is 0 Å². The fourth-order valence-electron chi connectivity index (χ4n) is 1.78. The van der Waals surface area contributed by atoms with E-state index in [4.69, 9.17) is 0 Å². The van der Waals surface area contributed by atoms with Crippen LogP contribution in [0.2, 0.25) is 0 Å². The molecule has 3 nitrogen and oxygen atoms in total. The largest absolute Gasteiger partial charge is 0.390 e. The Morgan fingerprint density at radius 2 is 2.19 bits per heavy atom. The van der Waals surface area contributed by atoms with E-state index in [0.29, 0.717) is 6.54 Å². The van der Waals surface area contributed by atoms with Gasteiger partial charge in [-0.1, -0.05) is 0 Å². The third-order valence-electron chi connectivity index (χ3n) is 2.84. The number of halogens is 3. The van der Waals surface area contributed by atoms with Gasteiger partial charge in [-0.3, -0.25) is 4.79 Å². The highest BCUT2D eigenvalue weighted by Gasteiger charge is 2.35. The zero-order valence-corrected chi connectivity index (χ0v) is 9.28. The van der Waals surface area contributed by atoms with E-state index in [1.165, 1.54) is 0 Å². The zero-order valence-electron chi connectivity index (χ0n) is 9.28. The third-order valence-corrected chi connectivity index (χ3v) is 2.84. The minimum atomic E-state index is -4.21. The van der Waals surface area contributed by atoms with E-state index < -0.39 is 18.0 Å². The molecule has 1 amide bonds. The highest BCUT2D eigenvalue weighted by molar-refractivity contribution is 5.82. The van der Waals surface area contributed by atoms with Crippen LogP contribution in [0.5, 0.6) is 0 Å². The number of alkyl halides is 3. The summed E-state index contributed by atoms with van der Waals surface area (Å²) < 4.78 is 35.6. The summed E-state index contributed by atoms with van der Waals surface area (Å²) in [4.78, 5) is 11.7. The zero-order chi connectivity index (χ0) is 12.2. The molecule has 0 aromatic carbocycles. The molecule has 6 heteroatoms. The quantitative estimate of drug-likeness (QED) is 0.781. The van der Waals surface area contributed by atoms with Crippen molar-refractivity contribution in [3.63, 3.8) is 0 Å². The SMILES string of the molecule is CC1(C(=O)NCCC(F)(F)F)CCCNC1. The van der Waals surface area contributed by atoms with Gasteiger partial charge in [0, 0.05) is 13.1 Å². The molecule has 1 unspecified atom stereocenters. The van der Waals surface area contributed by atoms with Crippen LogP contribution in [-0.4, -0.2) is 31.7 Å². The first-order valence-electron chi connectivity index (χ1n) is 5.39. The van der Waals surface area contributed by atoms with Gasteiger partial charge in [0.25, 0.3) is 0 Å². The van der Waals surface area contributed by atoms with Crippen LogP contribution < -0.4 is 10.6 Å². The Labute approximate surface area is 92.8 Å². The molecule has 0 aromatic heterocycles. The first-order chi connectivity index (χ1) is 7.33. The van der Waals surface area contributed by atoms with Crippen LogP contribution in [0.3, 0.4) is 0 Å². The van der Waals surface area contributed by atoms with Gasteiger partial charge in [-0.2, -0.15) is 13.2 Å². The van der Waals surface area contributed by atoms with Crippen molar-refractivity contribution < 1.29 is 18.0 Å². The minimum absolute atomic E-state index is 0.288. The lowest BCUT2D eigenvalue weighted by Gasteiger charge is -2.32. The summed E-state index contributed by atoms with van der Waals surface area (Å²) in [5.74, 6) is -0.288. The van der Waals surface area contributed by atoms with Crippen molar-refractivity contribution in [2.75, 3.05) is 19.6 Å². The van der Waals surface area contributed by atoms with Gasteiger partial charge >= 0.3 is 6.18 Å². The molecule has 94 valence electrons. The van der Waals surface area contributed by atoms with Crippen LogP contribution in [0, 0.1) is 5.41 Å². The van der Waals surface area contributed by atoms with Crippen molar-refractivity contribution in [3.05, 3.63) is 0 Å². The number of rotatable bonds is 3. The molecule has 0 saturated carbocycles. The fraction of sp³-hybridized carbons (Fsp3) is 0.900. The highest BCUT2D eigenvalue weighted by Crippen LogP contribution is 2.25. The van der Waals surface area contributed by atoms with E-state index in [9.17, 15) is 18.0 Å². The Morgan fingerprint density at radius 3 is 2.69 bits per heavy atom. The van der Waals surface area contributed by atoms with Crippen molar-refractivity contribution >= 4 is 5.91 Å². The lowest BCUT2D eigenvalue weighted by atomic mass is 9.82. The molecule has 16 heavy (non-hydrogen) atoms. The molecule has 1 saturated heterocycles. The van der Waals surface area contributed by atoms with Gasteiger partial charge < -0.3 is 10.6 Å². The summed E-state index contributed by atoms with van der Waals surface area (Å²) in [5, 5.41) is 5.43. The molecular weight excluding hydrogens is 221 g/mol. The van der Waals surface area contributed by atoms with Crippen LogP contribution in [0.4, 0.5) is 13.2 Å². The number of hydrogen-bond acceptors (Lipinski definition) is 2. The average molecular weight is 238 g/mol. The van der Waals surface area contributed by atoms with Gasteiger partial charge in [0.2, 0.25) is 5.91 Å². The number of amides is 1. The predicted molar refractivity (Wildman–Crippen MR) is 53.9 cm³/mol. The number of hydrogen-bond donors (Lipinski definition) is 2. The second-order valence-corrected chi connectivity index (χ2v) is 4.46. The van der Waals surface area contributed by atoms with E-state index in [-0.39, 0.29) is 12.5 Å². The van der Waals surface area contributed by atoms with E-state index in [1.54, 1.807) is 6.92 Å². The van der Waals surface area contributed by atoms with Crippen LogP contribution in [0.25, 0.3) is 0 Å². The second-order valence-electron chi connectivity index (χ2n) is 4.46. The molecule has 0 radical (unpaired) electrons. The Hall–Kier alpha value is -0.780. The average Bonchev–Trinajstić information content (AvgIpc) is 2.16. The number of piperidine rings is 1. The Morgan fingerprint density at radius 1 is 1.50 bits per heavy atom. The highest BCUT2D eigenvalue weighted by atomic mass is 19.4. The smallest absolute Gasteiger partial charge is 0.355 e. The number of carbonyl (C=O) groups is 1. The van der Waals surface area contributed by atoms with Gasteiger partial charge in [0.05, 0.1) is 11.8 Å². The molecular formula is C10H17F3N2O. The van der Waals surface area contributed by atoms with Gasteiger partial charge in [0.1, 0.15) is 0 Å². The van der Waals surface area contributed by atoms with Gasteiger partial charge in [-0.25, -0.2) is 0 Å². The Balaban J connectivity index is 2.34. The van der Waals surface area contributed by atoms with Crippen molar-refractivity contribution in [1.82, 2.24) is 10.6 Å². The predicted octanol–water partition coefficient (Wildman–Crippen LogP) is 1.44. The minimum Gasteiger partial charge on any atom is -0.355 e. The fourth-order valence-corrected chi connectivity index (χ4v) is 1.78. The molecule has 0 bridgehead atoms. The monoisotopic (exact) mass is 238 g/mol. The van der Waals surface area contributed by atoms with Crippen LogP contribution >= 0.6 is 0 Å². The van der Waals surface area contributed by atoms with E-state index >= 15 is 0 Å². The van der Waals surface area contributed by atoms with Crippen molar-refractivity contribution in [2.45, 2.75) is 32.4 Å². The van der Waals surface area contributed by atoms with Crippen molar-refractivity contribution in [2.24, 2.45) is 5.41 Å². The standard InChI is InChI=1S/C10H17F3N2O/c1-9(3-2-5-14-7-9)8(16)15-6-4-10(11,12)13/h14H,2-7H2,1H3,(H,15,16). The maximum atomic E-state index is 11.9. The van der Waals surface area contributed by atoms with Gasteiger partial charge in [0.15, 0.2) is 0 Å². The first kappa shape index (κ1) is 13.3. The molecule has 1 fully saturated rings. The topological polar surface area (TPSA) is 41.1 Å². The number of carbonyl (C=O) groups excluding carboxylic acids is 1. The number of nitrogens with one attached hydrogen (secondary N) is 2. The first-order valence-corrected chi connectivity index (χ1v) is 5.39. The van der Waals surface area contributed by atoms with Crippen LogP contribution in [-0.2, 0) is 4.79 Å². The maximum absolute atomic E-state index is 11.9. The molecule has 0 spiro atoms. The lowest BCUT2D eigenvalue weighted by Crippen LogP contribution is -2.49. The molecule has 2 N–H and O–H groups in total.